The van der Waals surface area contributed by atoms with Crippen LogP contribution in [0, 0.1) is 5.92 Å². The first kappa shape index (κ1) is 31.6. The number of rotatable bonds is 4. The highest BCUT2D eigenvalue weighted by molar-refractivity contribution is 5.89. The van der Waals surface area contributed by atoms with Crippen molar-refractivity contribution >= 4 is 16.3 Å². The van der Waals surface area contributed by atoms with Crippen molar-refractivity contribution in [2.24, 2.45) is 5.92 Å². The van der Waals surface area contributed by atoms with E-state index in [1.54, 1.807) is 0 Å². The van der Waals surface area contributed by atoms with Crippen LogP contribution >= 0.6 is 0 Å². The molecule has 8 aromatic rings. The maximum Gasteiger partial charge on any atom is 0.164 e. The average Bonchev–Trinajstić information content (AvgIpc) is 3.54. The zero-order valence-corrected chi connectivity index (χ0v) is 30.3. The number of benzene rings is 7. The number of hydrogen-bond donors (Lipinski definition) is 0. The minimum Gasteiger partial charge on any atom is -0.457 e. The summed E-state index contributed by atoms with van der Waals surface area (Å²) in [6.07, 6.45) is 7.36. The molecule has 4 nitrogen and oxygen atoms in total. The first-order valence-electron chi connectivity index (χ1n) is 19.0. The van der Waals surface area contributed by atoms with Crippen LogP contribution in [-0.2, 0) is 5.41 Å². The third-order valence-corrected chi connectivity index (χ3v) is 11.5. The highest BCUT2D eigenvalue weighted by atomic mass is 16.5. The van der Waals surface area contributed by atoms with Crippen LogP contribution < -0.4 is 4.74 Å². The van der Waals surface area contributed by atoms with Crippen molar-refractivity contribution in [1.82, 2.24) is 15.0 Å². The molecule has 1 aromatic heterocycles. The van der Waals surface area contributed by atoms with Crippen molar-refractivity contribution in [3.8, 4) is 56.5 Å². The van der Waals surface area contributed by atoms with Crippen LogP contribution in [0.5, 0.6) is 11.5 Å². The van der Waals surface area contributed by atoms with Gasteiger partial charge in [0.1, 0.15) is 11.5 Å². The number of hydrogen-bond acceptors (Lipinski definition) is 4. The minimum absolute atomic E-state index is 0.413. The lowest BCUT2D eigenvalue weighted by Gasteiger charge is -2.39. The molecule has 0 radical (unpaired) electrons. The molecule has 2 heterocycles. The summed E-state index contributed by atoms with van der Waals surface area (Å²) in [4.78, 5) is 15.3. The van der Waals surface area contributed by atoms with E-state index in [0.29, 0.717) is 17.6 Å². The van der Waals surface area contributed by atoms with Gasteiger partial charge in [-0.05, 0) is 86.3 Å². The van der Waals surface area contributed by atoms with Crippen LogP contribution in [0.15, 0.2) is 176 Å². The summed E-state index contributed by atoms with van der Waals surface area (Å²) in [5, 5.41) is 2.34. The predicted octanol–water partition coefficient (Wildman–Crippen LogP) is 12.5. The molecular formula is C51H35N3O. The Bertz CT molecular complexity index is 2880. The summed E-state index contributed by atoms with van der Waals surface area (Å²) in [5.74, 6) is 4.20. The summed E-state index contributed by atoms with van der Waals surface area (Å²) in [6.45, 7) is 2.23. The number of fused-ring (bicyclic) bond motifs is 10. The van der Waals surface area contributed by atoms with E-state index in [2.05, 4.69) is 183 Å². The molecular weight excluding hydrogens is 671 g/mol. The number of allylic oxidation sites excluding steroid dienone is 4. The number of ether oxygens (including phenoxy) is 1. The lowest BCUT2D eigenvalue weighted by atomic mass is 9.66. The van der Waals surface area contributed by atoms with E-state index in [0.717, 1.165) is 62.5 Å². The van der Waals surface area contributed by atoms with Crippen LogP contribution in [0.4, 0.5) is 0 Å². The molecule has 1 atom stereocenters. The molecule has 0 bridgehead atoms. The van der Waals surface area contributed by atoms with Crippen molar-refractivity contribution in [3.63, 3.8) is 0 Å². The van der Waals surface area contributed by atoms with Crippen LogP contribution in [0.1, 0.15) is 41.4 Å². The van der Waals surface area contributed by atoms with Gasteiger partial charge >= 0.3 is 0 Å². The second kappa shape index (κ2) is 12.3. The Morgan fingerprint density at radius 1 is 0.491 bits per heavy atom. The topological polar surface area (TPSA) is 47.9 Å². The van der Waals surface area contributed by atoms with Crippen molar-refractivity contribution < 1.29 is 4.74 Å². The predicted molar refractivity (Wildman–Crippen MR) is 222 cm³/mol. The van der Waals surface area contributed by atoms with Crippen molar-refractivity contribution in [2.45, 2.75) is 18.8 Å². The van der Waals surface area contributed by atoms with Gasteiger partial charge in [0, 0.05) is 22.3 Å². The second-order valence-corrected chi connectivity index (χ2v) is 14.9. The van der Waals surface area contributed by atoms with Gasteiger partial charge in [-0.3, -0.25) is 0 Å². The summed E-state index contributed by atoms with van der Waals surface area (Å²) in [7, 11) is 0. The molecule has 1 unspecified atom stereocenters. The van der Waals surface area contributed by atoms with Gasteiger partial charge in [0.25, 0.3) is 0 Å². The van der Waals surface area contributed by atoms with E-state index >= 15 is 0 Å². The van der Waals surface area contributed by atoms with E-state index in [1.165, 1.54) is 33.2 Å². The van der Waals surface area contributed by atoms with Crippen molar-refractivity contribution in [1.29, 1.82) is 0 Å². The molecule has 2 aliphatic carbocycles. The van der Waals surface area contributed by atoms with Gasteiger partial charge in [0.2, 0.25) is 0 Å². The third kappa shape index (κ3) is 4.95. The molecule has 0 amide bonds. The SMILES string of the molecule is CC1C=CC=C(c2nc(-c3cccc(-c4ccc5c(c4)Oc4ccccc4C54c5ccccc5-c5ccccc54)c3)nc(-c3ccc4ccccc4c3)n2)C1. The van der Waals surface area contributed by atoms with Gasteiger partial charge in [-0.25, -0.2) is 15.0 Å². The van der Waals surface area contributed by atoms with E-state index in [4.69, 9.17) is 19.7 Å². The molecule has 1 spiro atoms. The first-order chi connectivity index (χ1) is 27.1. The van der Waals surface area contributed by atoms with Crippen LogP contribution in [0.3, 0.4) is 0 Å². The molecule has 11 rings (SSSR count). The molecule has 7 aromatic carbocycles. The van der Waals surface area contributed by atoms with E-state index in [9.17, 15) is 0 Å². The molecule has 0 saturated carbocycles. The van der Waals surface area contributed by atoms with Crippen LogP contribution in [0.25, 0.3) is 61.4 Å². The van der Waals surface area contributed by atoms with Gasteiger partial charge in [-0.1, -0.05) is 159 Å². The number of nitrogens with zero attached hydrogens (tertiary/aromatic N) is 3. The maximum absolute atomic E-state index is 6.81. The molecule has 0 saturated heterocycles. The highest BCUT2D eigenvalue weighted by Crippen LogP contribution is 2.62. The Kier molecular flexibility index (Phi) is 7.08. The zero-order chi connectivity index (χ0) is 36.5. The number of aromatic nitrogens is 3. The number of para-hydroxylation sites is 1. The average molecular weight is 706 g/mol. The van der Waals surface area contributed by atoms with Crippen LogP contribution in [-0.4, -0.2) is 15.0 Å². The summed E-state index contributed by atoms with van der Waals surface area (Å²) >= 11 is 0. The molecule has 260 valence electrons. The molecule has 1 aliphatic heterocycles. The Morgan fingerprint density at radius 2 is 1.09 bits per heavy atom. The van der Waals surface area contributed by atoms with Crippen molar-refractivity contribution in [2.75, 3.05) is 0 Å². The Morgan fingerprint density at radius 3 is 1.87 bits per heavy atom. The van der Waals surface area contributed by atoms with Crippen molar-refractivity contribution in [3.05, 3.63) is 204 Å². The second-order valence-electron chi connectivity index (χ2n) is 14.9. The fourth-order valence-electron chi connectivity index (χ4n) is 8.99. The molecule has 3 aliphatic rings. The largest absolute Gasteiger partial charge is 0.457 e. The lowest BCUT2D eigenvalue weighted by Crippen LogP contribution is -2.32. The highest BCUT2D eigenvalue weighted by Gasteiger charge is 2.50. The molecule has 0 fully saturated rings. The monoisotopic (exact) mass is 705 g/mol. The molecule has 4 heteroatoms. The summed E-state index contributed by atoms with van der Waals surface area (Å²) < 4.78 is 6.81. The third-order valence-electron chi connectivity index (χ3n) is 11.5. The quantitative estimate of drug-likeness (QED) is 0.183. The Balaban J connectivity index is 1.05. The molecule has 0 N–H and O–H groups in total. The van der Waals surface area contributed by atoms with Crippen LogP contribution in [0.2, 0.25) is 0 Å². The van der Waals surface area contributed by atoms with E-state index in [1.807, 2.05) is 0 Å². The zero-order valence-electron chi connectivity index (χ0n) is 30.3. The van der Waals surface area contributed by atoms with Gasteiger partial charge in [-0.2, -0.15) is 0 Å². The summed E-state index contributed by atoms with van der Waals surface area (Å²) in [5.41, 5.74) is 12.1. The maximum atomic E-state index is 6.81. The smallest absolute Gasteiger partial charge is 0.164 e. The minimum atomic E-state index is -0.487. The fraction of sp³-hybridized carbons (Fsp3) is 0.0784. The summed E-state index contributed by atoms with van der Waals surface area (Å²) in [6, 6.07) is 56.2. The standard InChI is InChI=1S/C51H35N3O/c1-32-12-10-16-37(28-32)48-52-49(54-50(53-48)39-25-24-33-13-2-3-14-34(33)29-39)38-17-11-15-35(30-38)36-26-27-45-47(31-36)55-46-23-9-8-22-44(46)51(45)42-20-6-4-18-40(42)41-19-5-7-21-43(41)51/h2-27,29-32H,28H2,1H3. The van der Waals surface area contributed by atoms with Gasteiger partial charge in [0.15, 0.2) is 17.5 Å². The van der Waals surface area contributed by atoms with Gasteiger partial charge in [0.05, 0.1) is 5.41 Å². The normalized spacial score (nSPS) is 15.8. The fourth-order valence-corrected chi connectivity index (χ4v) is 8.99. The van der Waals surface area contributed by atoms with Gasteiger partial charge in [-0.15, -0.1) is 0 Å². The Hall–Kier alpha value is -6.91. The molecule has 55 heavy (non-hydrogen) atoms. The van der Waals surface area contributed by atoms with E-state index < -0.39 is 5.41 Å². The van der Waals surface area contributed by atoms with E-state index in [-0.39, 0.29) is 0 Å². The first-order valence-corrected chi connectivity index (χ1v) is 19.0. The lowest BCUT2D eigenvalue weighted by molar-refractivity contribution is 0.436. The Labute approximate surface area is 320 Å². The van der Waals surface area contributed by atoms with Gasteiger partial charge < -0.3 is 4.74 Å².